The van der Waals surface area contributed by atoms with Gasteiger partial charge in [-0.25, -0.2) is 0 Å². The molecule has 7 heteroatoms. The molecule has 1 aliphatic heterocycles. The minimum Gasteiger partial charge on any atom is -0.508 e. The maximum Gasteiger partial charge on any atom is 0.174 e. The molecule has 2 aromatic carbocycles. The highest BCUT2D eigenvalue weighted by molar-refractivity contribution is 7.99. The van der Waals surface area contributed by atoms with E-state index in [0.29, 0.717) is 5.11 Å². The number of rotatable bonds is 5. The maximum atomic E-state index is 9.72. The van der Waals surface area contributed by atoms with Gasteiger partial charge < -0.3 is 19.7 Å². The molecule has 0 spiro atoms. The molecule has 1 aliphatic rings. The Balaban J connectivity index is 1.53. The van der Waals surface area contributed by atoms with Crippen LogP contribution < -0.4 is 10.2 Å². The maximum absolute atomic E-state index is 9.72. The number of aromatic hydroxyl groups is 1. The monoisotopic (exact) mass is 445 g/mol. The van der Waals surface area contributed by atoms with Crippen LogP contribution in [0.25, 0.3) is 0 Å². The van der Waals surface area contributed by atoms with E-state index in [1.807, 2.05) is 65.6 Å². The van der Waals surface area contributed by atoms with E-state index in [0.717, 1.165) is 27.1 Å². The van der Waals surface area contributed by atoms with Crippen LogP contribution in [0.1, 0.15) is 23.5 Å². The summed E-state index contributed by atoms with van der Waals surface area (Å²) in [5.74, 6) is 0.994. The van der Waals surface area contributed by atoms with Gasteiger partial charge in [0.05, 0.1) is 11.7 Å². The highest BCUT2D eigenvalue weighted by atomic mass is 32.2. The summed E-state index contributed by atoms with van der Waals surface area (Å²) in [6, 6.07) is 26.5. The summed E-state index contributed by atoms with van der Waals surface area (Å²) in [6.07, 6.45) is 1.78. The Hall–Kier alpha value is -3.29. The Bertz CT molecular complexity index is 1180. The second-order valence-corrected chi connectivity index (χ2v) is 8.55. The van der Waals surface area contributed by atoms with E-state index in [1.54, 1.807) is 30.1 Å². The number of furan rings is 1. The van der Waals surface area contributed by atoms with Crippen LogP contribution >= 0.6 is 24.0 Å². The third-order valence-electron chi connectivity index (χ3n) is 5.08. The molecule has 154 valence electrons. The van der Waals surface area contributed by atoms with Gasteiger partial charge in [0, 0.05) is 16.8 Å². The number of hydrogen-bond acceptors (Lipinski definition) is 5. The highest BCUT2D eigenvalue weighted by Gasteiger charge is 2.42. The van der Waals surface area contributed by atoms with E-state index in [4.69, 9.17) is 16.6 Å². The fraction of sp³-hybridized carbons (Fsp3) is 0.0833. The predicted octanol–water partition coefficient (Wildman–Crippen LogP) is 5.71. The average Bonchev–Trinajstić information content (AvgIpc) is 3.40. The molecule has 31 heavy (non-hydrogen) atoms. The third-order valence-corrected chi connectivity index (χ3v) is 6.32. The summed E-state index contributed by atoms with van der Waals surface area (Å²) < 4.78 is 6.29. The van der Waals surface area contributed by atoms with Gasteiger partial charge in [-0.2, -0.15) is 0 Å². The van der Waals surface area contributed by atoms with Crippen LogP contribution in [-0.2, 0) is 0 Å². The molecule has 0 saturated carbocycles. The van der Waals surface area contributed by atoms with Crippen LogP contribution in [0.5, 0.6) is 5.75 Å². The molecule has 2 aromatic heterocycles. The van der Waals surface area contributed by atoms with E-state index in [1.165, 1.54) is 0 Å². The van der Waals surface area contributed by atoms with Crippen LogP contribution in [0.2, 0.25) is 0 Å². The third kappa shape index (κ3) is 4.02. The second kappa shape index (κ2) is 8.45. The number of anilines is 1. The second-order valence-electron chi connectivity index (χ2n) is 7.08. The number of pyridine rings is 1. The Morgan fingerprint density at radius 2 is 1.71 bits per heavy atom. The van der Waals surface area contributed by atoms with Crippen molar-refractivity contribution in [2.45, 2.75) is 22.1 Å². The molecule has 5 nitrogen and oxygen atoms in total. The van der Waals surface area contributed by atoms with E-state index >= 15 is 0 Å². The number of benzene rings is 2. The van der Waals surface area contributed by atoms with Gasteiger partial charge in [0.2, 0.25) is 0 Å². The molecule has 0 aliphatic carbocycles. The number of phenolic OH excluding ortho intramolecular Hbond substituents is 1. The lowest BCUT2D eigenvalue weighted by molar-refractivity contribution is 0.383. The van der Waals surface area contributed by atoms with Crippen LogP contribution in [0.4, 0.5) is 5.69 Å². The fourth-order valence-corrected chi connectivity index (χ4v) is 4.83. The van der Waals surface area contributed by atoms with Gasteiger partial charge in [0.15, 0.2) is 10.2 Å². The molecular formula is C24H19N3O2S2. The van der Waals surface area contributed by atoms with Crippen molar-refractivity contribution in [2.75, 3.05) is 4.90 Å². The first-order chi connectivity index (χ1) is 15.2. The Morgan fingerprint density at radius 1 is 0.935 bits per heavy atom. The van der Waals surface area contributed by atoms with E-state index in [-0.39, 0.29) is 17.8 Å². The van der Waals surface area contributed by atoms with Crippen molar-refractivity contribution >= 4 is 34.8 Å². The SMILES string of the molecule is Oc1ccc(N2C(=S)N[C@H](c3ccccn3)[C@@H]2c2ccc(Sc3ccccc3)o2)cc1. The molecule has 3 heterocycles. The van der Waals surface area contributed by atoms with Crippen molar-refractivity contribution in [2.24, 2.45) is 0 Å². The lowest BCUT2D eigenvalue weighted by Gasteiger charge is -2.26. The highest BCUT2D eigenvalue weighted by Crippen LogP contribution is 2.43. The molecule has 0 unspecified atom stereocenters. The van der Waals surface area contributed by atoms with Gasteiger partial charge in [-0.1, -0.05) is 36.0 Å². The number of hydrogen-bond donors (Lipinski definition) is 2. The summed E-state index contributed by atoms with van der Waals surface area (Å²) >= 11 is 7.28. The molecule has 1 fully saturated rings. The van der Waals surface area contributed by atoms with Gasteiger partial charge >= 0.3 is 0 Å². The summed E-state index contributed by atoms with van der Waals surface area (Å²) in [5.41, 5.74) is 1.75. The predicted molar refractivity (Wildman–Crippen MR) is 125 cm³/mol. The normalized spacial score (nSPS) is 18.2. The number of aromatic nitrogens is 1. The summed E-state index contributed by atoms with van der Waals surface area (Å²) in [7, 11) is 0. The van der Waals surface area contributed by atoms with Gasteiger partial charge in [-0.3, -0.25) is 4.98 Å². The Morgan fingerprint density at radius 3 is 2.45 bits per heavy atom. The lowest BCUT2D eigenvalue weighted by atomic mass is 10.0. The molecule has 4 aromatic rings. The quantitative estimate of drug-likeness (QED) is 0.382. The summed E-state index contributed by atoms with van der Waals surface area (Å²) in [5, 5.41) is 14.5. The van der Waals surface area contributed by atoms with Crippen molar-refractivity contribution < 1.29 is 9.52 Å². The van der Waals surface area contributed by atoms with Crippen molar-refractivity contribution in [1.82, 2.24) is 10.3 Å². The number of nitrogens with one attached hydrogen (secondary N) is 1. The van der Waals surface area contributed by atoms with Gasteiger partial charge in [0.1, 0.15) is 17.6 Å². The number of phenols is 1. The molecule has 0 bridgehead atoms. The van der Waals surface area contributed by atoms with Crippen LogP contribution in [-0.4, -0.2) is 15.2 Å². The summed E-state index contributed by atoms with van der Waals surface area (Å²) in [6.45, 7) is 0. The van der Waals surface area contributed by atoms with Crippen LogP contribution in [0, 0.1) is 0 Å². The number of thiocarbonyl (C=S) groups is 1. The van der Waals surface area contributed by atoms with Crippen molar-refractivity contribution in [3.8, 4) is 5.75 Å². The van der Waals surface area contributed by atoms with Gasteiger partial charge in [-0.05, 0) is 72.9 Å². The van der Waals surface area contributed by atoms with Gasteiger partial charge in [-0.15, -0.1) is 0 Å². The van der Waals surface area contributed by atoms with E-state index in [9.17, 15) is 5.11 Å². The molecule has 5 rings (SSSR count). The minimum atomic E-state index is -0.225. The largest absolute Gasteiger partial charge is 0.508 e. The first kappa shape index (κ1) is 19.7. The van der Waals surface area contributed by atoms with Crippen molar-refractivity contribution in [3.05, 3.63) is 103 Å². The van der Waals surface area contributed by atoms with Crippen molar-refractivity contribution in [1.29, 1.82) is 0 Å². The zero-order valence-electron chi connectivity index (χ0n) is 16.4. The Kier molecular flexibility index (Phi) is 5.36. The molecule has 0 radical (unpaired) electrons. The molecular weight excluding hydrogens is 426 g/mol. The fourth-order valence-electron chi connectivity index (χ4n) is 3.69. The van der Waals surface area contributed by atoms with Crippen molar-refractivity contribution in [3.63, 3.8) is 0 Å². The van der Waals surface area contributed by atoms with E-state index in [2.05, 4.69) is 22.4 Å². The first-order valence-corrected chi connectivity index (χ1v) is 11.0. The zero-order valence-corrected chi connectivity index (χ0v) is 18.0. The van der Waals surface area contributed by atoms with Crippen LogP contribution in [0.15, 0.2) is 106 Å². The number of nitrogens with zero attached hydrogens (tertiary/aromatic N) is 2. The Labute approximate surface area is 189 Å². The minimum absolute atomic E-state index is 0.178. The molecule has 1 saturated heterocycles. The standard InChI is InChI=1S/C24H19N3O2S2/c28-17-11-9-16(10-12-17)27-23(22(26-24(27)30)19-8-4-5-15-25-19)20-13-14-21(29-20)31-18-6-2-1-3-7-18/h1-15,22-23,28H,(H,26,30)/t22-,23+/m1/s1. The molecule has 2 atom stereocenters. The zero-order chi connectivity index (χ0) is 21.2. The molecule has 2 N–H and O–H groups in total. The lowest BCUT2D eigenvalue weighted by Crippen LogP contribution is -2.29. The van der Waals surface area contributed by atoms with E-state index < -0.39 is 0 Å². The van der Waals surface area contributed by atoms with Crippen LogP contribution in [0.3, 0.4) is 0 Å². The summed E-state index contributed by atoms with van der Waals surface area (Å²) in [4.78, 5) is 7.68. The topological polar surface area (TPSA) is 61.5 Å². The average molecular weight is 446 g/mol. The first-order valence-electron chi connectivity index (χ1n) is 9.81. The molecule has 0 amide bonds. The smallest absolute Gasteiger partial charge is 0.174 e. The van der Waals surface area contributed by atoms with Gasteiger partial charge in [0.25, 0.3) is 0 Å².